The highest BCUT2D eigenvalue weighted by Gasteiger charge is 2.16. The first kappa shape index (κ1) is 22.3. The fourth-order valence-electron chi connectivity index (χ4n) is 3.45. The molecule has 0 aliphatic rings. The summed E-state index contributed by atoms with van der Waals surface area (Å²) >= 11 is 0. The van der Waals surface area contributed by atoms with Gasteiger partial charge in [0.2, 0.25) is 11.6 Å². The monoisotopic (exact) mass is 420 g/mol. The number of pyridine rings is 1. The average molecular weight is 421 g/mol. The molecule has 7 nitrogen and oxygen atoms in total. The van der Waals surface area contributed by atoms with Gasteiger partial charge >= 0.3 is 5.97 Å². The molecule has 0 unspecified atom stereocenters. The molecule has 0 saturated heterocycles. The van der Waals surface area contributed by atoms with Crippen LogP contribution in [0.2, 0.25) is 0 Å². The molecular weight excluding hydrogens is 392 g/mol. The van der Waals surface area contributed by atoms with Crippen molar-refractivity contribution < 1.29 is 14.7 Å². The van der Waals surface area contributed by atoms with Crippen molar-refractivity contribution in [3.63, 3.8) is 0 Å². The second kappa shape index (κ2) is 10.6. The first-order valence-electron chi connectivity index (χ1n) is 10.8. The summed E-state index contributed by atoms with van der Waals surface area (Å²) in [5.41, 5.74) is 2.58. The Morgan fingerprint density at radius 1 is 1.03 bits per heavy atom. The van der Waals surface area contributed by atoms with Crippen LogP contribution in [-0.2, 0) is 13.0 Å². The predicted octanol–water partition coefficient (Wildman–Crippen LogP) is 4.80. The summed E-state index contributed by atoms with van der Waals surface area (Å²) in [4.78, 5) is 32.3. The lowest BCUT2D eigenvalue weighted by Gasteiger charge is -2.09. The Morgan fingerprint density at radius 2 is 1.81 bits per heavy atom. The Labute approximate surface area is 182 Å². The number of hydrogen-bond acceptors (Lipinski definition) is 5. The lowest BCUT2D eigenvalue weighted by molar-refractivity contribution is 0.0697. The second-order valence-corrected chi connectivity index (χ2v) is 7.56. The third-order valence-corrected chi connectivity index (χ3v) is 5.13. The summed E-state index contributed by atoms with van der Waals surface area (Å²) in [6.45, 7) is 4.63. The minimum Gasteiger partial charge on any atom is -0.478 e. The number of carboxylic acids is 1. The highest BCUT2D eigenvalue weighted by Crippen LogP contribution is 2.23. The molecule has 1 aromatic carbocycles. The summed E-state index contributed by atoms with van der Waals surface area (Å²) in [6.07, 6.45) is 8.28. The van der Waals surface area contributed by atoms with E-state index < -0.39 is 5.97 Å². The highest BCUT2D eigenvalue weighted by atomic mass is 16.4. The van der Waals surface area contributed by atoms with Crippen molar-refractivity contribution in [2.24, 2.45) is 0 Å². The number of nitrogens with zero attached hydrogens (tertiary/aromatic N) is 4. The molecule has 3 aromatic rings. The summed E-state index contributed by atoms with van der Waals surface area (Å²) in [5.74, 6) is 0.125. The Hall–Kier alpha value is -3.35. The molecule has 0 aliphatic carbocycles. The predicted molar refractivity (Wildman–Crippen MR) is 118 cm³/mol. The first-order chi connectivity index (χ1) is 15.0. The fraction of sp³-hybridized carbons (Fsp3) is 0.375. The largest absolute Gasteiger partial charge is 0.478 e. The topological polar surface area (TPSA) is 98.0 Å². The summed E-state index contributed by atoms with van der Waals surface area (Å²) < 4.78 is 1.82. The molecule has 0 saturated carbocycles. The van der Waals surface area contributed by atoms with Crippen molar-refractivity contribution >= 4 is 11.8 Å². The van der Waals surface area contributed by atoms with E-state index in [0.29, 0.717) is 24.4 Å². The van der Waals surface area contributed by atoms with Crippen molar-refractivity contribution in [2.75, 3.05) is 0 Å². The van der Waals surface area contributed by atoms with E-state index in [-0.39, 0.29) is 11.3 Å². The maximum atomic E-state index is 12.3. The van der Waals surface area contributed by atoms with E-state index >= 15 is 0 Å². The van der Waals surface area contributed by atoms with E-state index in [1.165, 1.54) is 12.3 Å². The molecular formula is C24H28N4O3. The van der Waals surface area contributed by atoms with E-state index in [1.807, 2.05) is 35.9 Å². The maximum absolute atomic E-state index is 12.3. The molecule has 0 radical (unpaired) electrons. The molecule has 7 heteroatoms. The van der Waals surface area contributed by atoms with Crippen molar-refractivity contribution in [2.45, 2.75) is 58.9 Å². The number of ketones is 1. The number of aryl methyl sites for hydroxylation is 1. The molecule has 162 valence electrons. The second-order valence-electron chi connectivity index (χ2n) is 7.56. The van der Waals surface area contributed by atoms with Crippen LogP contribution in [0.4, 0.5) is 0 Å². The number of Topliss-reactive ketones (excluding diaryl/α,β-unsaturated/α-hetero) is 1. The molecule has 0 bridgehead atoms. The molecule has 2 heterocycles. The van der Waals surface area contributed by atoms with Crippen molar-refractivity contribution in [1.29, 1.82) is 0 Å². The number of rotatable bonds is 11. The van der Waals surface area contributed by atoms with Gasteiger partial charge in [-0.25, -0.2) is 14.5 Å². The lowest BCUT2D eigenvalue weighted by Crippen LogP contribution is -2.08. The quantitative estimate of drug-likeness (QED) is 0.353. The van der Waals surface area contributed by atoms with Gasteiger partial charge in [-0.15, -0.1) is 5.10 Å². The van der Waals surface area contributed by atoms with Crippen LogP contribution >= 0.6 is 0 Å². The van der Waals surface area contributed by atoms with Gasteiger partial charge in [-0.1, -0.05) is 51.0 Å². The van der Waals surface area contributed by atoms with Gasteiger partial charge in [0.25, 0.3) is 0 Å². The number of aromatic nitrogens is 4. The van der Waals surface area contributed by atoms with Crippen molar-refractivity contribution in [3.8, 4) is 11.1 Å². The van der Waals surface area contributed by atoms with Crippen molar-refractivity contribution in [1.82, 2.24) is 19.7 Å². The van der Waals surface area contributed by atoms with Crippen LogP contribution in [-0.4, -0.2) is 36.6 Å². The number of aromatic carboxylic acids is 1. The third-order valence-electron chi connectivity index (χ3n) is 5.13. The van der Waals surface area contributed by atoms with Crippen LogP contribution in [0.15, 0.2) is 42.7 Å². The molecule has 3 rings (SSSR count). The number of carboxylic acid groups (broad SMARTS) is 1. The zero-order valence-electron chi connectivity index (χ0n) is 18.0. The average Bonchev–Trinajstić information content (AvgIpc) is 3.17. The van der Waals surface area contributed by atoms with E-state index in [1.54, 1.807) is 6.20 Å². The lowest BCUT2D eigenvalue weighted by atomic mass is 10.0. The van der Waals surface area contributed by atoms with Crippen molar-refractivity contribution in [3.05, 3.63) is 65.5 Å². The van der Waals surface area contributed by atoms with Gasteiger partial charge in [0.05, 0.1) is 12.1 Å². The number of hydrogen-bond donors (Lipinski definition) is 1. The first-order valence-corrected chi connectivity index (χ1v) is 10.8. The molecule has 31 heavy (non-hydrogen) atoms. The highest BCUT2D eigenvalue weighted by molar-refractivity contribution is 5.95. The SMILES string of the molecule is CCCCCc1nc(C(=O)CCC)nn1Cc1ccc(-c2cnccc2C(=O)O)cc1. The summed E-state index contributed by atoms with van der Waals surface area (Å²) in [5, 5.41) is 13.9. The zero-order valence-corrected chi connectivity index (χ0v) is 18.0. The Kier molecular flexibility index (Phi) is 7.65. The Morgan fingerprint density at radius 3 is 2.48 bits per heavy atom. The molecule has 0 spiro atoms. The van der Waals surface area contributed by atoms with Gasteiger partial charge in [-0.05, 0) is 30.0 Å². The minimum absolute atomic E-state index is 0.0221. The van der Waals surface area contributed by atoms with E-state index in [9.17, 15) is 14.7 Å². The van der Waals surface area contributed by atoms with Crippen LogP contribution in [0, 0.1) is 0 Å². The van der Waals surface area contributed by atoms with Crippen LogP contribution in [0.25, 0.3) is 11.1 Å². The van der Waals surface area contributed by atoms with Gasteiger partial charge in [0, 0.05) is 30.8 Å². The van der Waals surface area contributed by atoms with Gasteiger partial charge in [0.15, 0.2) is 0 Å². The van der Waals surface area contributed by atoms with Crippen LogP contribution in [0.5, 0.6) is 0 Å². The number of carbonyl (C=O) groups is 2. The molecule has 0 amide bonds. The summed E-state index contributed by atoms with van der Waals surface area (Å²) in [6, 6.07) is 9.15. The number of carbonyl (C=O) groups excluding carboxylic acids is 1. The smallest absolute Gasteiger partial charge is 0.336 e. The molecule has 2 aromatic heterocycles. The van der Waals surface area contributed by atoms with Gasteiger partial charge in [-0.3, -0.25) is 9.78 Å². The zero-order chi connectivity index (χ0) is 22.2. The van der Waals surface area contributed by atoms with E-state index in [4.69, 9.17) is 0 Å². The number of unbranched alkanes of at least 4 members (excludes halogenated alkanes) is 2. The molecule has 1 N–H and O–H groups in total. The van der Waals surface area contributed by atoms with Gasteiger partial charge in [0.1, 0.15) is 5.82 Å². The van der Waals surface area contributed by atoms with E-state index in [2.05, 4.69) is 22.0 Å². The molecule has 0 atom stereocenters. The molecule has 0 fully saturated rings. The van der Waals surface area contributed by atoms with E-state index in [0.717, 1.165) is 49.1 Å². The third kappa shape index (κ3) is 5.63. The minimum atomic E-state index is -0.981. The standard InChI is InChI=1S/C24H28N4O3/c1-3-5-6-8-22-26-23(21(29)7-4-2)27-28(22)16-17-9-11-18(12-10-17)20-15-25-14-13-19(20)24(30)31/h9-15H,3-8,16H2,1-2H3,(H,30,31). The van der Waals surface area contributed by atoms with Gasteiger partial charge in [-0.2, -0.15) is 0 Å². The van der Waals surface area contributed by atoms with Crippen LogP contribution in [0.1, 0.15) is 78.3 Å². The van der Waals surface area contributed by atoms with Gasteiger partial charge < -0.3 is 5.11 Å². The Balaban J connectivity index is 1.83. The fourth-order valence-corrected chi connectivity index (χ4v) is 3.45. The van der Waals surface area contributed by atoms with Crippen LogP contribution < -0.4 is 0 Å². The molecule has 0 aliphatic heterocycles. The number of benzene rings is 1. The Bertz CT molecular complexity index is 1040. The summed E-state index contributed by atoms with van der Waals surface area (Å²) in [7, 11) is 0. The maximum Gasteiger partial charge on any atom is 0.336 e. The van der Waals surface area contributed by atoms with Crippen LogP contribution in [0.3, 0.4) is 0 Å². The normalized spacial score (nSPS) is 10.9.